The maximum atomic E-state index is 12.4. The second-order valence-electron chi connectivity index (χ2n) is 8.93. The van der Waals surface area contributed by atoms with E-state index < -0.39 is 6.10 Å². The van der Waals surface area contributed by atoms with E-state index in [1.165, 1.54) is 0 Å². The molecule has 1 atom stereocenters. The molecule has 3 aliphatic heterocycles. The van der Waals surface area contributed by atoms with Crippen LogP contribution in [0, 0.1) is 0 Å². The van der Waals surface area contributed by atoms with Gasteiger partial charge in [-0.25, -0.2) is 4.79 Å². The van der Waals surface area contributed by atoms with Crippen molar-refractivity contribution in [2.45, 2.75) is 50.9 Å². The Hall–Kier alpha value is -0.930. The Bertz CT molecular complexity index is 502. The number of likely N-dealkylation sites (tertiary alicyclic amines) is 1. The van der Waals surface area contributed by atoms with E-state index in [0.717, 1.165) is 71.6 Å². The first-order valence-corrected chi connectivity index (χ1v) is 10.9. The maximum Gasteiger partial charge on any atom is 0.410 e. The molecule has 0 aromatic rings. The fourth-order valence-electron chi connectivity index (χ4n) is 4.61. The minimum Gasteiger partial charge on any atom is -0.441 e. The van der Waals surface area contributed by atoms with Crippen LogP contribution < -0.4 is 0 Å². The highest BCUT2D eigenvalue weighted by Crippen LogP contribution is 2.33. The average Bonchev–Trinajstić information content (AvgIpc) is 2.99. The topological polar surface area (TPSA) is 79.7 Å². The van der Waals surface area contributed by atoms with E-state index in [9.17, 15) is 9.90 Å². The lowest BCUT2D eigenvalue weighted by molar-refractivity contribution is -0.0158. The first-order valence-electron chi connectivity index (χ1n) is 10.9. The number of ether oxygens (including phenoxy) is 1. The van der Waals surface area contributed by atoms with Crippen molar-refractivity contribution < 1.29 is 19.7 Å². The Morgan fingerprint density at radius 3 is 2.32 bits per heavy atom. The van der Waals surface area contributed by atoms with Gasteiger partial charge in [0.1, 0.15) is 5.60 Å². The third-order valence-electron chi connectivity index (χ3n) is 6.53. The molecule has 0 radical (unpaired) electrons. The standard InChI is InChI=1S/C20H38N4O4/c1-17(2)23-12-10-21(11-13-23)6-3-7-24-16-20(28-19(24)27)4-8-22(9-5-20)14-18(26)15-25/h17-18,25-26H,3-16H2,1-2H3/t18-/m0/s1. The summed E-state index contributed by atoms with van der Waals surface area (Å²) < 4.78 is 5.79. The van der Waals surface area contributed by atoms with Crippen LogP contribution in [0.4, 0.5) is 4.79 Å². The third-order valence-corrected chi connectivity index (χ3v) is 6.53. The van der Waals surface area contributed by atoms with Gasteiger partial charge in [0.25, 0.3) is 0 Å². The van der Waals surface area contributed by atoms with Crippen molar-refractivity contribution in [1.82, 2.24) is 19.6 Å². The van der Waals surface area contributed by atoms with Crippen molar-refractivity contribution in [2.75, 3.05) is 72.1 Å². The lowest BCUT2D eigenvalue weighted by Crippen LogP contribution is -2.49. The number of aliphatic hydroxyl groups excluding tert-OH is 2. The number of hydrogen-bond donors (Lipinski definition) is 2. The average molecular weight is 399 g/mol. The van der Waals surface area contributed by atoms with Gasteiger partial charge in [0, 0.05) is 71.2 Å². The Balaban J connectivity index is 1.36. The van der Waals surface area contributed by atoms with Gasteiger partial charge in [-0.05, 0) is 26.8 Å². The fourth-order valence-corrected chi connectivity index (χ4v) is 4.61. The van der Waals surface area contributed by atoms with Crippen molar-refractivity contribution in [3.63, 3.8) is 0 Å². The molecule has 2 N–H and O–H groups in total. The van der Waals surface area contributed by atoms with Gasteiger partial charge in [0.15, 0.2) is 0 Å². The van der Waals surface area contributed by atoms with Gasteiger partial charge in [-0.3, -0.25) is 4.90 Å². The summed E-state index contributed by atoms with van der Waals surface area (Å²) in [5.74, 6) is 0. The summed E-state index contributed by atoms with van der Waals surface area (Å²) in [4.78, 5) is 21.4. The number of carbonyl (C=O) groups is 1. The molecule has 8 nitrogen and oxygen atoms in total. The number of piperazine rings is 1. The molecule has 3 fully saturated rings. The predicted octanol–water partition coefficient (Wildman–Crippen LogP) is 0.0425. The summed E-state index contributed by atoms with van der Waals surface area (Å²) in [7, 11) is 0. The van der Waals surface area contributed by atoms with Gasteiger partial charge in [-0.1, -0.05) is 0 Å². The van der Waals surface area contributed by atoms with Gasteiger partial charge in [-0.15, -0.1) is 0 Å². The highest BCUT2D eigenvalue weighted by atomic mass is 16.6. The normalized spacial score (nSPS) is 25.6. The molecule has 3 heterocycles. The van der Waals surface area contributed by atoms with E-state index in [1.54, 1.807) is 0 Å². The molecule has 28 heavy (non-hydrogen) atoms. The van der Waals surface area contributed by atoms with Gasteiger partial charge >= 0.3 is 6.09 Å². The second-order valence-corrected chi connectivity index (χ2v) is 8.93. The van der Waals surface area contributed by atoms with Gasteiger partial charge in [0.2, 0.25) is 0 Å². The molecular weight excluding hydrogens is 360 g/mol. The van der Waals surface area contributed by atoms with Crippen molar-refractivity contribution in [3.05, 3.63) is 0 Å². The maximum absolute atomic E-state index is 12.4. The molecule has 8 heteroatoms. The molecule has 0 bridgehead atoms. The summed E-state index contributed by atoms with van der Waals surface area (Å²) in [5.41, 5.74) is -0.360. The Kier molecular flexibility index (Phi) is 7.55. The third kappa shape index (κ3) is 5.57. The van der Waals surface area contributed by atoms with Crippen LogP contribution in [0.25, 0.3) is 0 Å². The van der Waals surface area contributed by atoms with Crippen molar-refractivity contribution >= 4 is 6.09 Å². The van der Waals surface area contributed by atoms with Gasteiger partial charge < -0.3 is 29.6 Å². The van der Waals surface area contributed by atoms with Crippen LogP contribution in [0.3, 0.4) is 0 Å². The molecule has 0 aromatic carbocycles. The highest BCUT2D eigenvalue weighted by Gasteiger charge is 2.46. The molecule has 0 unspecified atom stereocenters. The number of amides is 1. The van der Waals surface area contributed by atoms with Crippen LogP contribution in [0.1, 0.15) is 33.1 Å². The molecule has 0 aromatic heterocycles. The quantitative estimate of drug-likeness (QED) is 0.598. The minimum absolute atomic E-state index is 0.173. The van der Waals surface area contributed by atoms with Crippen LogP contribution in [0.15, 0.2) is 0 Å². The highest BCUT2D eigenvalue weighted by molar-refractivity contribution is 5.70. The smallest absolute Gasteiger partial charge is 0.410 e. The van der Waals surface area contributed by atoms with Gasteiger partial charge in [0.05, 0.1) is 19.3 Å². The Labute approximate surface area is 169 Å². The lowest BCUT2D eigenvalue weighted by atomic mass is 9.91. The van der Waals surface area contributed by atoms with Crippen LogP contribution >= 0.6 is 0 Å². The van der Waals surface area contributed by atoms with Crippen molar-refractivity contribution in [1.29, 1.82) is 0 Å². The number of nitrogens with zero attached hydrogens (tertiary/aromatic N) is 4. The fraction of sp³-hybridized carbons (Fsp3) is 0.950. The molecular formula is C20H38N4O4. The minimum atomic E-state index is -0.695. The lowest BCUT2D eigenvalue weighted by Gasteiger charge is -2.38. The van der Waals surface area contributed by atoms with Crippen molar-refractivity contribution in [2.24, 2.45) is 0 Å². The van der Waals surface area contributed by atoms with Crippen LogP contribution in [-0.4, -0.2) is 126 Å². The van der Waals surface area contributed by atoms with E-state index in [-0.39, 0.29) is 18.3 Å². The summed E-state index contributed by atoms with van der Waals surface area (Å²) in [5, 5.41) is 18.6. The van der Waals surface area contributed by atoms with E-state index >= 15 is 0 Å². The zero-order chi connectivity index (χ0) is 20.1. The summed E-state index contributed by atoms with van der Waals surface area (Å²) in [6.07, 6.45) is 1.71. The molecule has 1 spiro atoms. The zero-order valence-electron chi connectivity index (χ0n) is 17.6. The van der Waals surface area contributed by atoms with Crippen LogP contribution in [0.5, 0.6) is 0 Å². The number of piperidine rings is 1. The molecule has 0 saturated carbocycles. The van der Waals surface area contributed by atoms with Crippen LogP contribution in [0.2, 0.25) is 0 Å². The Morgan fingerprint density at radius 2 is 1.71 bits per heavy atom. The molecule has 1 amide bonds. The molecule has 0 aliphatic carbocycles. The number of carbonyl (C=O) groups excluding carboxylic acids is 1. The predicted molar refractivity (Wildman–Crippen MR) is 107 cm³/mol. The number of hydrogen-bond acceptors (Lipinski definition) is 7. The summed E-state index contributed by atoms with van der Waals surface area (Å²) in [6, 6.07) is 0.621. The summed E-state index contributed by atoms with van der Waals surface area (Å²) >= 11 is 0. The van der Waals surface area contributed by atoms with E-state index in [0.29, 0.717) is 19.1 Å². The second kappa shape index (κ2) is 9.71. The largest absolute Gasteiger partial charge is 0.441 e. The number of β-amino-alcohol motifs (C(OH)–C–C–N with tert-alkyl or cyclic N) is 1. The van der Waals surface area contributed by atoms with Crippen molar-refractivity contribution in [3.8, 4) is 0 Å². The Morgan fingerprint density at radius 1 is 1.04 bits per heavy atom. The summed E-state index contributed by atoms with van der Waals surface area (Å²) in [6.45, 7) is 13.3. The first kappa shape index (κ1) is 21.8. The molecule has 3 aliphatic rings. The molecule has 162 valence electrons. The SMILES string of the molecule is CC(C)N1CCN(CCCN2CC3(CCN(C[C@H](O)CO)CC3)OC2=O)CC1. The monoisotopic (exact) mass is 398 g/mol. The first-order chi connectivity index (χ1) is 13.4. The zero-order valence-corrected chi connectivity index (χ0v) is 17.6. The van der Waals surface area contributed by atoms with E-state index in [4.69, 9.17) is 9.84 Å². The number of aliphatic hydroxyl groups is 2. The van der Waals surface area contributed by atoms with E-state index in [2.05, 4.69) is 28.5 Å². The van der Waals surface area contributed by atoms with E-state index in [1.807, 2.05) is 4.90 Å². The molecule has 3 saturated heterocycles. The molecule has 3 rings (SSSR count). The van der Waals surface area contributed by atoms with Gasteiger partial charge in [-0.2, -0.15) is 0 Å². The number of rotatable bonds is 8. The van der Waals surface area contributed by atoms with Crippen LogP contribution in [-0.2, 0) is 4.74 Å².